The van der Waals surface area contributed by atoms with Gasteiger partial charge >= 0.3 is 0 Å². The molecule has 0 saturated carbocycles. The first-order chi connectivity index (χ1) is 15.4. The maximum absolute atomic E-state index is 13.1. The lowest BCUT2D eigenvalue weighted by atomic mass is 10.2. The van der Waals surface area contributed by atoms with Crippen molar-refractivity contribution in [1.82, 2.24) is 9.66 Å². The Morgan fingerprint density at radius 3 is 2.69 bits per heavy atom. The smallest absolute Gasteiger partial charge is 0.282 e. The van der Waals surface area contributed by atoms with Crippen LogP contribution in [0.3, 0.4) is 0 Å². The molecule has 1 N–H and O–H groups in total. The van der Waals surface area contributed by atoms with Crippen molar-refractivity contribution in [2.24, 2.45) is 5.10 Å². The normalized spacial score (nSPS) is 11.2. The van der Waals surface area contributed by atoms with Crippen molar-refractivity contribution in [3.63, 3.8) is 0 Å². The highest BCUT2D eigenvalue weighted by molar-refractivity contribution is 5.84. The molecule has 9 nitrogen and oxygen atoms in total. The molecule has 0 amide bonds. The number of benzene rings is 3. The van der Waals surface area contributed by atoms with Crippen molar-refractivity contribution in [2.75, 3.05) is 0 Å². The average molecular weight is 430 g/mol. The van der Waals surface area contributed by atoms with Crippen molar-refractivity contribution in [1.29, 1.82) is 0 Å². The van der Waals surface area contributed by atoms with Gasteiger partial charge in [0.05, 0.1) is 22.0 Å². The average Bonchev–Trinajstić information content (AvgIpc) is 2.79. The van der Waals surface area contributed by atoms with E-state index in [-0.39, 0.29) is 29.4 Å². The van der Waals surface area contributed by atoms with Crippen LogP contribution in [-0.2, 0) is 6.61 Å². The number of fused-ring (bicyclic) bond motifs is 1. The maximum atomic E-state index is 13.1. The summed E-state index contributed by atoms with van der Waals surface area (Å²) < 4.78 is 6.93. The molecule has 0 spiro atoms. The summed E-state index contributed by atoms with van der Waals surface area (Å²) in [5.74, 6) is 0.666. The molecule has 4 aromatic rings. The van der Waals surface area contributed by atoms with E-state index in [9.17, 15) is 20.0 Å². The molecule has 0 radical (unpaired) electrons. The van der Waals surface area contributed by atoms with Crippen LogP contribution >= 0.6 is 0 Å². The van der Waals surface area contributed by atoms with Crippen molar-refractivity contribution >= 4 is 22.8 Å². The van der Waals surface area contributed by atoms with Crippen LogP contribution in [0.2, 0.25) is 0 Å². The van der Waals surface area contributed by atoms with Crippen LogP contribution in [0, 0.1) is 17.0 Å². The van der Waals surface area contributed by atoms with E-state index < -0.39 is 10.5 Å². The van der Waals surface area contributed by atoms with Gasteiger partial charge in [-0.25, -0.2) is 4.98 Å². The first-order valence-electron chi connectivity index (χ1n) is 9.65. The monoisotopic (exact) mass is 430 g/mol. The Kier molecular flexibility index (Phi) is 5.63. The number of phenolic OH excluding ortho intramolecular Hbond substituents is 1. The van der Waals surface area contributed by atoms with Crippen LogP contribution < -0.4 is 10.3 Å². The third kappa shape index (κ3) is 4.17. The van der Waals surface area contributed by atoms with Crippen LogP contribution in [0.15, 0.2) is 76.6 Å². The van der Waals surface area contributed by atoms with Gasteiger partial charge in [-0.1, -0.05) is 30.3 Å². The molecular formula is C23H18N4O5. The number of nitro groups is 1. The number of aryl methyl sites for hydroxylation is 1. The van der Waals surface area contributed by atoms with Crippen LogP contribution in [-0.4, -0.2) is 25.9 Å². The number of ether oxygens (including phenoxy) is 1. The fourth-order valence-electron chi connectivity index (χ4n) is 3.12. The topological polar surface area (TPSA) is 120 Å². The number of non-ortho nitro benzene ring substituents is 1. The highest BCUT2D eigenvalue weighted by atomic mass is 16.6. The number of hydrogen-bond donors (Lipinski definition) is 1. The summed E-state index contributed by atoms with van der Waals surface area (Å²) >= 11 is 0. The number of rotatable bonds is 6. The number of nitrogens with zero attached hydrogens (tertiary/aromatic N) is 4. The number of phenols is 1. The Morgan fingerprint density at radius 2 is 1.91 bits per heavy atom. The molecule has 0 atom stereocenters. The number of para-hydroxylation sites is 2. The molecule has 1 aromatic heterocycles. The Labute approximate surface area is 182 Å². The Hall–Kier alpha value is -4.53. The van der Waals surface area contributed by atoms with Crippen LogP contribution in [0.4, 0.5) is 5.69 Å². The number of aromatic nitrogens is 2. The second kappa shape index (κ2) is 8.68. The number of aromatic hydroxyl groups is 1. The van der Waals surface area contributed by atoms with Crippen LogP contribution in [0.1, 0.15) is 17.0 Å². The van der Waals surface area contributed by atoms with Crippen molar-refractivity contribution in [3.05, 3.63) is 104 Å². The van der Waals surface area contributed by atoms with Gasteiger partial charge in [-0.3, -0.25) is 14.9 Å². The third-order valence-electron chi connectivity index (χ3n) is 4.81. The van der Waals surface area contributed by atoms with Gasteiger partial charge in [0.15, 0.2) is 5.82 Å². The van der Waals surface area contributed by atoms with Crippen molar-refractivity contribution in [2.45, 2.75) is 13.5 Å². The minimum atomic E-state index is -0.581. The van der Waals surface area contributed by atoms with E-state index in [1.165, 1.54) is 24.4 Å². The van der Waals surface area contributed by atoms with Gasteiger partial charge < -0.3 is 9.84 Å². The van der Waals surface area contributed by atoms with Gasteiger partial charge in [0.1, 0.15) is 18.1 Å². The predicted octanol–water partition coefficient (Wildman–Crippen LogP) is 3.78. The second-order valence-electron chi connectivity index (χ2n) is 6.96. The van der Waals surface area contributed by atoms with Crippen LogP contribution in [0.5, 0.6) is 11.5 Å². The molecule has 1 heterocycles. The van der Waals surface area contributed by atoms with Crippen LogP contribution in [0.25, 0.3) is 10.9 Å². The molecule has 160 valence electrons. The summed E-state index contributed by atoms with van der Waals surface area (Å²) in [7, 11) is 0. The zero-order valence-corrected chi connectivity index (χ0v) is 17.0. The standard InChI is InChI=1S/C23H18N4O5/c1-15-6-2-5-9-21(15)32-14-22-25-19-8-4-3-7-18(19)23(29)26(22)24-13-16-12-17(27(30)31)10-11-20(16)28/h2-13,28H,14H2,1H3/b24-13-. The first kappa shape index (κ1) is 20.7. The van der Waals surface area contributed by atoms with Crippen molar-refractivity contribution < 1.29 is 14.8 Å². The molecule has 0 aliphatic heterocycles. The highest BCUT2D eigenvalue weighted by Gasteiger charge is 2.13. The number of nitro benzene ring substituents is 1. The molecule has 0 fully saturated rings. The lowest BCUT2D eigenvalue weighted by Gasteiger charge is -2.12. The molecule has 32 heavy (non-hydrogen) atoms. The molecule has 4 rings (SSSR count). The number of hydrogen-bond acceptors (Lipinski definition) is 7. The van der Waals surface area contributed by atoms with E-state index in [2.05, 4.69) is 10.1 Å². The summed E-state index contributed by atoms with van der Waals surface area (Å²) in [6, 6.07) is 17.8. The lowest BCUT2D eigenvalue weighted by Crippen LogP contribution is -2.23. The van der Waals surface area contributed by atoms with Gasteiger partial charge in [-0.2, -0.15) is 9.78 Å². The summed E-state index contributed by atoms with van der Waals surface area (Å²) in [5.41, 5.74) is 0.860. The van der Waals surface area contributed by atoms with Gasteiger partial charge in [-0.15, -0.1) is 0 Å². The summed E-state index contributed by atoms with van der Waals surface area (Å²) in [6.45, 7) is 1.86. The van der Waals surface area contributed by atoms with E-state index in [0.29, 0.717) is 16.7 Å². The predicted molar refractivity (Wildman–Crippen MR) is 119 cm³/mol. The fourth-order valence-corrected chi connectivity index (χ4v) is 3.12. The molecule has 3 aromatic carbocycles. The fraction of sp³-hybridized carbons (Fsp3) is 0.0870. The summed E-state index contributed by atoms with van der Waals surface area (Å²) in [5, 5.41) is 25.6. The summed E-state index contributed by atoms with van der Waals surface area (Å²) in [4.78, 5) is 28.1. The van der Waals surface area contributed by atoms with E-state index in [4.69, 9.17) is 4.74 Å². The third-order valence-corrected chi connectivity index (χ3v) is 4.81. The minimum absolute atomic E-state index is 0.0385. The van der Waals surface area contributed by atoms with Crippen molar-refractivity contribution in [3.8, 4) is 11.5 Å². The summed E-state index contributed by atoms with van der Waals surface area (Å²) in [6.07, 6.45) is 1.18. The SMILES string of the molecule is Cc1ccccc1OCc1nc2ccccc2c(=O)n1/N=C\c1cc([N+](=O)[O-])ccc1O. The largest absolute Gasteiger partial charge is 0.507 e. The molecule has 0 saturated heterocycles. The van der Waals surface area contributed by atoms with E-state index in [1.807, 2.05) is 31.2 Å². The minimum Gasteiger partial charge on any atom is -0.507 e. The highest BCUT2D eigenvalue weighted by Crippen LogP contribution is 2.22. The van der Waals surface area contributed by atoms with E-state index >= 15 is 0 Å². The van der Waals surface area contributed by atoms with Gasteiger partial charge in [0.25, 0.3) is 11.2 Å². The Balaban J connectivity index is 1.78. The van der Waals surface area contributed by atoms with E-state index in [0.717, 1.165) is 10.2 Å². The van der Waals surface area contributed by atoms with E-state index in [1.54, 1.807) is 24.3 Å². The Bertz CT molecular complexity index is 1410. The van der Waals surface area contributed by atoms with Gasteiger partial charge in [-0.05, 0) is 36.8 Å². The quantitative estimate of drug-likeness (QED) is 0.282. The molecule has 0 bridgehead atoms. The van der Waals surface area contributed by atoms with Gasteiger partial charge in [0.2, 0.25) is 0 Å². The molecule has 0 unspecified atom stereocenters. The first-order valence-corrected chi connectivity index (χ1v) is 9.65. The molecule has 0 aliphatic carbocycles. The maximum Gasteiger partial charge on any atom is 0.282 e. The molecule has 0 aliphatic rings. The van der Waals surface area contributed by atoms with Gasteiger partial charge in [0, 0.05) is 17.7 Å². The second-order valence-corrected chi connectivity index (χ2v) is 6.96. The molecule has 9 heteroatoms. The Morgan fingerprint density at radius 1 is 1.16 bits per heavy atom. The lowest BCUT2D eigenvalue weighted by molar-refractivity contribution is -0.384. The molecular weight excluding hydrogens is 412 g/mol. The zero-order valence-electron chi connectivity index (χ0n) is 17.0. The zero-order chi connectivity index (χ0) is 22.7.